The van der Waals surface area contributed by atoms with Gasteiger partial charge in [0.1, 0.15) is 0 Å². The Morgan fingerprint density at radius 2 is 2.25 bits per heavy atom. The lowest BCUT2D eigenvalue weighted by atomic mass is 10.2. The van der Waals surface area contributed by atoms with Gasteiger partial charge in [0.15, 0.2) is 5.76 Å². The van der Waals surface area contributed by atoms with Gasteiger partial charge in [0.25, 0.3) is 0 Å². The second-order valence-corrected chi connectivity index (χ2v) is 3.87. The number of hydrogen-bond acceptors (Lipinski definition) is 4. The number of rotatable bonds is 3. The Kier molecular flexibility index (Phi) is 2.78. The minimum Gasteiger partial charge on any atom is -0.439 e. The van der Waals surface area contributed by atoms with Gasteiger partial charge in [-0.1, -0.05) is 0 Å². The van der Waals surface area contributed by atoms with E-state index in [9.17, 15) is 0 Å². The van der Waals surface area contributed by atoms with Crippen molar-refractivity contribution in [3.05, 3.63) is 24.0 Å². The Balaban J connectivity index is 2.35. The van der Waals surface area contributed by atoms with Crippen LogP contribution < -0.4 is 5.32 Å². The van der Waals surface area contributed by atoms with Gasteiger partial charge in [0.2, 0.25) is 5.89 Å². The molecule has 0 spiro atoms. The highest BCUT2D eigenvalue weighted by molar-refractivity contribution is 5.58. The first-order chi connectivity index (χ1) is 7.61. The predicted molar refractivity (Wildman–Crippen MR) is 60.9 cm³/mol. The number of nitrogens with one attached hydrogen (secondary N) is 1. The molecular weight excluding hydrogens is 204 g/mol. The molecule has 2 aromatic rings. The summed E-state index contributed by atoms with van der Waals surface area (Å²) in [6.45, 7) is 3.96. The molecule has 86 valence electrons. The van der Waals surface area contributed by atoms with E-state index in [0.29, 0.717) is 5.89 Å². The molecule has 0 saturated heterocycles. The Morgan fingerprint density at radius 1 is 1.50 bits per heavy atom. The molecule has 0 fully saturated rings. The van der Waals surface area contributed by atoms with Crippen LogP contribution in [0.1, 0.15) is 24.6 Å². The monoisotopic (exact) mass is 220 g/mol. The van der Waals surface area contributed by atoms with Crippen molar-refractivity contribution in [1.29, 1.82) is 0 Å². The molecule has 1 unspecified atom stereocenters. The maximum Gasteiger partial charge on any atom is 0.211 e. The molecule has 2 rings (SSSR count). The van der Waals surface area contributed by atoms with Crippen molar-refractivity contribution in [3.63, 3.8) is 0 Å². The normalized spacial score (nSPS) is 13.0. The second kappa shape index (κ2) is 4.09. The van der Waals surface area contributed by atoms with Crippen LogP contribution in [0.5, 0.6) is 0 Å². The minimum absolute atomic E-state index is 0.116. The zero-order chi connectivity index (χ0) is 11.7. The second-order valence-electron chi connectivity index (χ2n) is 3.87. The van der Waals surface area contributed by atoms with Crippen molar-refractivity contribution in [2.75, 3.05) is 7.05 Å². The first-order valence-corrected chi connectivity index (χ1v) is 5.25. The Bertz CT molecular complexity index is 486. The van der Waals surface area contributed by atoms with Gasteiger partial charge >= 0.3 is 0 Å². The van der Waals surface area contributed by atoms with Gasteiger partial charge < -0.3 is 9.73 Å². The fourth-order valence-electron chi connectivity index (χ4n) is 1.58. The van der Waals surface area contributed by atoms with E-state index in [1.54, 1.807) is 10.9 Å². The molecule has 2 aromatic heterocycles. The zero-order valence-electron chi connectivity index (χ0n) is 9.98. The van der Waals surface area contributed by atoms with E-state index in [1.807, 2.05) is 34.1 Å². The molecule has 0 bridgehead atoms. The standard InChI is InChI=1S/C11H16N4O/c1-7-9(6-15(4)14-7)10-5-13-11(16-10)8(2)12-3/h5-6,8,12H,1-4H3. The SMILES string of the molecule is CNC(C)c1ncc(-c2cn(C)nc2C)o1. The molecule has 5 heteroatoms. The van der Waals surface area contributed by atoms with E-state index in [-0.39, 0.29) is 6.04 Å². The molecule has 0 aliphatic rings. The number of aryl methyl sites for hydroxylation is 2. The summed E-state index contributed by atoms with van der Waals surface area (Å²) < 4.78 is 7.46. The Morgan fingerprint density at radius 3 is 2.81 bits per heavy atom. The van der Waals surface area contributed by atoms with Crippen molar-refractivity contribution in [3.8, 4) is 11.3 Å². The summed E-state index contributed by atoms with van der Waals surface area (Å²) >= 11 is 0. The van der Waals surface area contributed by atoms with E-state index in [2.05, 4.69) is 15.4 Å². The molecule has 0 aliphatic heterocycles. The Labute approximate surface area is 94.5 Å². The van der Waals surface area contributed by atoms with Crippen LogP contribution in [-0.4, -0.2) is 21.8 Å². The topological polar surface area (TPSA) is 55.9 Å². The van der Waals surface area contributed by atoms with E-state index in [0.717, 1.165) is 17.0 Å². The van der Waals surface area contributed by atoms with Crippen molar-refractivity contribution < 1.29 is 4.42 Å². The highest BCUT2D eigenvalue weighted by Crippen LogP contribution is 2.24. The molecule has 1 N–H and O–H groups in total. The quantitative estimate of drug-likeness (QED) is 0.854. The summed E-state index contributed by atoms with van der Waals surface area (Å²) in [5, 5.41) is 7.36. The van der Waals surface area contributed by atoms with E-state index in [4.69, 9.17) is 4.42 Å². The van der Waals surface area contributed by atoms with Gasteiger partial charge in [-0.25, -0.2) is 4.98 Å². The predicted octanol–water partition coefficient (Wildman–Crippen LogP) is 1.66. The lowest BCUT2D eigenvalue weighted by Gasteiger charge is -2.03. The number of nitrogens with zero attached hydrogens (tertiary/aromatic N) is 3. The molecule has 0 aliphatic carbocycles. The maximum absolute atomic E-state index is 5.69. The summed E-state index contributed by atoms with van der Waals surface area (Å²) in [5.74, 6) is 1.46. The average molecular weight is 220 g/mol. The molecule has 2 heterocycles. The van der Waals surface area contributed by atoms with Crippen LogP contribution in [0.25, 0.3) is 11.3 Å². The third-order valence-electron chi connectivity index (χ3n) is 2.61. The van der Waals surface area contributed by atoms with Crippen LogP contribution in [0.2, 0.25) is 0 Å². The van der Waals surface area contributed by atoms with Gasteiger partial charge in [-0.15, -0.1) is 0 Å². The van der Waals surface area contributed by atoms with Crippen molar-refractivity contribution in [2.24, 2.45) is 7.05 Å². The lowest BCUT2D eigenvalue weighted by molar-refractivity contribution is 0.441. The molecular formula is C11H16N4O. The first kappa shape index (κ1) is 10.9. The molecule has 16 heavy (non-hydrogen) atoms. The number of aromatic nitrogens is 3. The van der Waals surface area contributed by atoms with Crippen LogP contribution in [-0.2, 0) is 7.05 Å². The van der Waals surface area contributed by atoms with E-state index >= 15 is 0 Å². The van der Waals surface area contributed by atoms with Gasteiger partial charge in [-0.05, 0) is 20.9 Å². The van der Waals surface area contributed by atoms with Crippen molar-refractivity contribution in [1.82, 2.24) is 20.1 Å². The summed E-state index contributed by atoms with van der Waals surface area (Å²) in [5.41, 5.74) is 1.94. The summed E-state index contributed by atoms with van der Waals surface area (Å²) in [6.07, 6.45) is 3.68. The average Bonchev–Trinajstić information content (AvgIpc) is 2.83. The lowest BCUT2D eigenvalue weighted by Crippen LogP contribution is -2.12. The summed E-state index contributed by atoms with van der Waals surface area (Å²) in [7, 11) is 3.77. The summed E-state index contributed by atoms with van der Waals surface area (Å²) in [6, 6.07) is 0.116. The third-order valence-corrected chi connectivity index (χ3v) is 2.61. The Hall–Kier alpha value is -1.62. The molecule has 0 aromatic carbocycles. The maximum atomic E-state index is 5.69. The minimum atomic E-state index is 0.116. The highest BCUT2D eigenvalue weighted by Gasteiger charge is 2.14. The first-order valence-electron chi connectivity index (χ1n) is 5.25. The smallest absolute Gasteiger partial charge is 0.211 e. The number of oxazole rings is 1. The molecule has 0 saturated carbocycles. The molecule has 0 amide bonds. The van der Waals surface area contributed by atoms with Crippen LogP contribution in [0.4, 0.5) is 0 Å². The van der Waals surface area contributed by atoms with Gasteiger partial charge in [0, 0.05) is 13.2 Å². The zero-order valence-corrected chi connectivity index (χ0v) is 9.98. The van der Waals surface area contributed by atoms with E-state index < -0.39 is 0 Å². The van der Waals surface area contributed by atoms with Crippen LogP contribution in [0.3, 0.4) is 0 Å². The molecule has 0 radical (unpaired) electrons. The third kappa shape index (κ3) is 1.86. The van der Waals surface area contributed by atoms with Crippen LogP contribution in [0, 0.1) is 6.92 Å². The molecule has 5 nitrogen and oxygen atoms in total. The van der Waals surface area contributed by atoms with Crippen molar-refractivity contribution in [2.45, 2.75) is 19.9 Å². The molecule has 1 atom stereocenters. The van der Waals surface area contributed by atoms with Gasteiger partial charge in [-0.2, -0.15) is 5.10 Å². The van der Waals surface area contributed by atoms with Crippen LogP contribution >= 0.6 is 0 Å². The van der Waals surface area contributed by atoms with Crippen molar-refractivity contribution >= 4 is 0 Å². The largest absolute Gasteiger partial charge is 0.439 e. The van der Waals surface area contributed by atoms with E-state index in [1.165, 1.54) is 0 Å². The fraction of sp³-hybridized carbons (Fsp3) is 0.455. The fourth-order valence-corrected chi connectivity index (χ4v) is 1.58. The summed E-state index contributed by atoms with van der Waals surface area (Å²) in [4.78, 5) is 4.25. The number of hydrogen-bond donors (Lipinski definition) is 1. The van der Waals surface area contributed by atoms with Gasteiger partial charge in [0.05, 0.1) is 23.5 Å². The highest BCUT2D eigenvalue weighted by atomic mass is 16.4. The van der Waals surface area contributed by atoms with Gasteiger partial charge in [-0.3, -0.25) is 4.68 Å². The van der Waals surface area contributed by atoms with Crippen LogP contribution in [0.15, 0.2) is 16.8 Å².